The first-order valence-corrected chi connectivity index (χ1v) is 15.6. The molecule has 1 saturated carbocycles. The number of carbonyl (C=O) groups is 2. The van der Waals surface area contributed by atoms with Crippen LogP contribution in [0.25, 0.3) is 11.1 Å². The predicted octanol–water partition coefficient (Wildman–Crippen LogP) is 5.53. The fraction of sp³-hybridized carbons (Fsp3) is 0.559. The SMILES string of the molecule is CC[C@@H](C)[C@H](Nc1ccc2c(cc1=O)[C@@H](NC(C)=O)CCc1cc(OC)c(OC)c(OC)c1-2)C(=O)NC1CCCCCC1. The molecule has 2 aromatic rings. The van der Waals surface area contributed by atoms with Crippen LogP contribution in [0.4, 0.5) is 5.69 Å². The van der Waals surface area contributed by atoms with Gasteiger partial charge in [0.1, 0.15) is 6.04 Å². The lowest BCUT2D eigenvalue weighted by Gasteiger charge is -2.26. The average molecular weight is 594 g/mol. The van der Waals surface area contributed by atoms with Gasteiger partial charge in [-0.25, -0.2) is 0 Å². The van der Waals surface area contributed by atoms with Crippen molar-refractivity contribution in [2.24, 2.45) is 5.92 Å². The molecule has 0 unspecified atom stereocenters. The molecule has 0 bridgehead atoms. The molecule has 2 aromatic carbocycles. The third-order valence-electron chi connectivity index (χ3n) is 8.92. The second-order valence-corrected chi connectivity index (χ2v) is 11.8. The van der Waals surface area contributed by atoms with E-state index in [1.54, 1.807) is 33.5 Å². The molecule has 0 saturated heterocycles. The number of ether oxygens (including phenoxy) is 3. The second-order valence-electron chi connectivity index (χ2n) is 11.8. The highest BCUT2D eigenvalue weighted by Crippen LogP contribution is 2.50. The third kappa shape index (κ3) is 7.25. The van der Waals surface area contributed by atoms with Crippen LogP contribution >= 0.6 is 0 Å². The van der Waals surface area contributed by atoms with Crippen LogP contribution in [-0.4, -0.2) is 45.2 Å². The van der Waals surface area contributed by atoms with Crippen molar-refractivity contribution in [2.45, 2.75) is 96.7 Å². The summed E-state index contributed by atoms with van der Waals surface area (Å²) < 4.78 is 17.2. The summed E-state index contributed by atoms with van der Waals surface area (Å²) in [5, 5.41) is 9.63. The number of rotatable bonds is 10. The Morgan fingerprint density at radius 3 is 2.23 bits per heavy atom. The molecule has 43 heavy (non-hydrogen) atoms. The molecule has 1 fully saturated rings. The van der Waals surface area contributed by atoms with E-state index >= 15 is 0 Å². The Kier molecular flexibility index (Phi) is 10.9. The van der Waals surface area contributed by atoms with Crippen molar-refractivity contribution >= 4 is 17.5 Å². The number of carbonyl (C=O) groups excluding carboxylic acids is 2. The van der Waals surface area contributed by atoms with Crippen molar-refractivity contribution in [3.63, 3.8) is 0 Å². The summed E-state index contributed by atoms with van der Waals surface area (Å²) in [5.74, 6) is 1.23. The Hall–Kier alpha value is -3.75. The minimum absolute atomic E-state index is 0.00168. The lowest BCUT2D eigenvalue weighted by molar-refractivity contribution is -0.123. The average Bonchev–Trinajstić information content (AvgIpc) is 3.40. The van der Waals surface area contributed by atoms with Gasteiger partial charge in [0.25, 0.3) is 0 Å². The van der Waals surface area contributed by atoms with Gasteiger partial charge < -0.3 is 30.2 Å². The summed E-state index contributed by atoms with van der Waals surface area (Å²) in [5.41, 5.74) is 3.25. The lowest BCUT2D eigenvalue weighted by atomic mass is 9.95. The Bertz CT molecular complexity index is 1370. The van der Waals surface area contributed by atoms with E-state index in [-0.39, 0.29) is 29.2 Å². The van der Waals surface area contributed by atoms with Crippen LogP contribution in [0.2, 0.25) is 0 Å². The van der Waals surface area contributed by atoms with E-state index in [9.17, 15) is 14.4 Å². The number of amides is 2. The van der Waals surface area contributed by atoms with Crippen molar-refractivity contribution in [3.8, 4) is 28.4 Å². The molecule has 3 atom stereocenters. The fourth-order valence-corrected chi connectivity index (χ4v) is 6.41. The largest absolute Gasteiger partial charge is 0.493 e. The highest BCUT2D eigenvalue weighted by Gasteiger charge is 2.31. The Morgan fingerprint density at radius 1 is 0.930 bits per heavy atom. The van der Waals surface area contributed by atoms with Gasteiger partial charge >= 0.3 is 0 Å². The third-order valence-corrected chi connectivity index (χ3v) is 8.92. The number of anilines is 1. The molecule has 2 aliphatic rings. The van der Waals surface area contributed by atoms with Crippen molar-refractivity contribution in [1.82, 2.24) is 10.6 Å². The van der Waals surface area contributed by atoms with Gasteiger partial charge in [0.15, 0.2) is 11.5 Å². The van der Waals surface area contributed by atoms with Gasteiger partial charge in [-0.15, -0.1) is 0 Å². The van der Waals surface area contributed by atoms with Crippen molar-refractivity contribution < 1.29 is 23.8 Å². The number of hydrogen-bond acceptors (Lipinski definition) is 7. The van der Waals surface area contributed by atoms with E-state index in [0.29, 0.717) is 41.3 Å². The summed E-state index contributed by atoms with van der Waals surface area (Å²) >= 11 is 0. The van der Waals surface area contributed by atoms with Gasteiger partial charge in [-0.3, -0.25) is 14.4 Å². The van der Waals surface area contributed by atoms with Crippen LogP contribution in [-0.2, 0) is 16.0 Å². The number of fused-ring (bicyclic) bond motifs is 3. The Morgan fingerprint density at radius 2 is 1.63 bits per heavy atom. The fourth-order valence-electron chi connectivity index (χ4n) is 6.41. The molecule has 3 N–H and O–H groups in total. The van der Waals surface area contributed by atoms with E-state index in [1.165, 1.54) is 19.8 Å². The highest BCUT2D eigenvalue weighted by molar-refractivity contribution is 5.86. The van der Waals surface area contributed by atoms with Crippen LogP contribution in [0.1, 0.15) is 89.3 Å². The summed E-state index contributed by atoms with van der Waals surface area (Å²) in [6.07, 6.45) is 8.58. The van der Waals surface area contributed by atoms with Crippen LogP contribution in [0.15, 0.2) is 29.1 Å². The zero-order valence-corrected chi connectivity index (χ0v) is 26.4. The zero-order valence-electron chi connectivity index (χ0n) is 26.4. The molecule has 2 aliphatic carbocycles. The molecule has 234 valence electrons. The summed E-state index contributed by atoms with van der Waals surface area (Å²) in [4.78, 5) is 39.7. The maximum absolute atomic E-state index is 13.8. The molecule has 0 aromatic heterocycles. The molecule has 2 amide bonds. The molecule has 4 rings (SSSR count). The normalized spacial score (nSPS) is 18.0. The molecule has 0 aliphatic heterocycles. The first kappa shape index (κ1) is 32.2. The predicted molar refractivity (Wildman–Crippen MR) is 169 cm³/mol. The van der Waals surface area contributed by atoms with Gasteiger partial charge in [-0.2, -0.15) is 0 Å². The number of hydrogen-bond donors (Lipinski definition) is 3. The Balaban J connectivity index is 1.82. The minimum atomic E-state index is -0.569. The van der Waals surface area contributed by atoms with E-state index in [4.69, 9.17) is 14.2 Å². The highest BCUT2D eigenvalue weighted by atomic mass is 16.5. The summed E-state index contributed by atoms with van der Waals surface area (Å²) in [6.45, 7) is 5.55. The van der Waals surface area contributed by atoms with E-state index in [2.05, 4.69) is 16.0 Å². The summed E-state index contributed by atoms with van der Waals surface area (Å²) in [7, 11) is 4.71. The van der Waals surface area contributed by atoms with Crippen LogP contribution in [0.5, 0.6) is 17.2 Å². The minimum Gasteiger partial charge on any atom is -0.493 e. The lowest BCUT2D eigenvalue weighted by Crippen LogP contribution is -2.47. The topological polar surface area (TPSA) is 115 Å². The van der Waals surface area contributed by atoms with E-state index < -0.39 is 12.1 Å². The standard InChI is InChI=1S/C34H47N3O6/c1-7-20(2)31(34(40)36-23-12-10-8-9-11-13-23)37-27-17-15-24-25(19-28(27)39)26(35-21(3)38)16-14-22-18-29(41-4)32(42-5)33(43-6)30(22)24/h15,17-20,23,26,31H,7-14,16H2,1-6H3,(H,35,38)(H,36,40)(H,37,39)/t20-,26+,31+/m1/s1. The van der Waals surface area contributed by atoms with Gasteiger partial charge in [-0.05, 0) is 66.5 Å². The molecule has 9 heteroatoms. The molecular weight excluding hydrogens is 546 g/mol. The molecule has 0 heterocycles. The first-order chi connectivity index (χ1) is 20.7. The zero-order chi connectivity index (χ0) is 31.1. The number of methoxy groups -OCH3 is 3. The maximum Gasteiger partial charge on any atom is 0.242 e. The number of aryl methyl sites for hydroxylation is 1. The Labute approximate surface area is 255 Å². The van der Waals surface area contributed by atoms with Gasteiger partial charge in [0, 0.05) is 18.5 Å². The van der Waals surface area contributed by atoms with Crippen molar-refractivity contribution in [3.05, 3.63) is 45.6 Å². The van der Waals surface area contributed by atoms with Gasteiger partial charge in [-0.1, -0.05) is 52.0 Å². The second kappa shape index (κ2) is 14.6. The smallest absolute Gasteiger partial charge is 0.242 e. The molecule has 9 nitrogen and oxygen atoms in total. The van der Waals surface area contributed by atoms with Crippen LogP contribution < -0.4 is 35.6 Å². The van der Waals surface area contributed by atoms with E-state index in [0.717, 1.165) is 48.8 Å². The monoisotopic (exact) mass is 593 g/mol. The molecule has 0 radical (unpaired) electrons. The van der Waals surface area contributed by atoms with Crippen molar-refractivity contribution in [2.75, 3.05) is 26.6 Å². The molecule has 0 spiro atoms. The van der Waals surface area contributed by atoms with Crippen LogP contribution in [0.3, 0.4) is 0 Å². The maximum atomic E-state index is 13.8. The van der Waals surface area contributed by atoms with Gasteiger partial charge in [0.05, 0.1) is 33.1 Å². The number of benzene rings is 1. The van der Waals surface area contributed by atoms with Gasteiger partial charge in [0.2, 0.25) is 23.0 Å². The summed E-state index contributed by atoms with van der Waals surface area (Å²) in [6, 6.07) is 6.32. The number of nitrogens with one attached hydrogen (secondary N) is 3. The first-order valence-electron chi connectivity index (χ1n) is 15.6. The van der Waals surface area contributed by atoms with Crippen molar-refractivity contribution in [1.29, 1.82) is 0 Å². The quantitative estimate of drug-likeness (QED) is 0.311. The van der Waals surface area contributed by atoms with E-state index in [1.807, 2.05) is 26.0 Å². The molecular formula is C34H47N3O6. The van der Waals surface area contributed by atoms with Crippen LogP contribution in [0, 0.1) is 5.92 Å².